The van der Waals surface area contributed by atoms with Crippen molar-refractivity contribution in [2.24, 2.45) is 0 Å². The number of esters is 1. The number of hydrogen-bond acceptors (Lipinski definition) is 5. The number of methoxy groups -OCH3 is 1. The average molecular weight is 281 g/mol. The molecule has 1 aliphatic rings. The van der Waals surface area contributed by atoms with E-state index in [9.17, 15) is 4.79 Å². The molecule has 1 atom stereocenters. The van der Waals surface area contributed by atoms with Crippen molar-refractivity contribution in [2.75, 3.05) is 13.7 Å². The Balaban J connectivity index is 2.19. The van der Waals surface area contributed by atoms with Gasteiger partial charge in [0.15, 0.2) is 0 Å². The molecule has 2 rings (SSSR count). The maximum absolute atomic E-state index is 11.2. The van der Waals surface area contributed by atoms with Crippen LogP contribution in [0.1, 0.15) is 63.1 Å². The lowest BCUT2D eigenvalue weighted by atomic mass is 9.98. The number of aromatic nitrogens is 3. The van der Waals surface area contributed by atoms with E-state index in [1.807, 2.05) is 4.68 Å². The largest absolute Gasteiger partial charge is 0.467 e. The highest BCUT2D eigenvalue weighted by Gasteiger charge is 2.25. The van der Waals surface area contributed by atoms with Crippen LogP contribution in [0.5, 0.6) is 0 Å². The summed E-state index contributed by atoms with van der Waals surface area (Å²) in [7, 11) is 1.37. The molecule has 0 fully saturated rings. The lowest BCUT2D eigenvalue weighted by molar-refractivity contribution is -0.148. The summed E-state index contributed by atoms with van der Waals surface area (Å²) in [5.74, 6) is -0.357. The molecule has 0 spiro atoms. The van der Waals surface area contributed by atoms with E-state index in [-0.39, 0.29) is 24.7 Å². The van der Waals surface area contributed by atoms with E-state index in [2.05, 4.69) is 28.9 Å². The summed E-state index contributed by atoms with van der Waals surface area (Å²) in [6, 6.07) is 0.284. The number of carbonyl (C=O) groups excluding carboxylic acids is 1. The number of hydrogen-bond donors (Lipinski definition) is 0. The third-order valence-corrected chi connectivity index (χ3v) is 3.63. The fourth-order valence-electron chi connectivity index (χ4n) is 2.56. The quantitative estimate of drug-likeness (QED) is 0.792. The van der Waals surface area contributed by atoms with Gasteiger partial charge in [0.1, 0.15) is 18.4 Å². The van der Waals surface area contributed by atoms with Gasteiger partial charge in [-0.3, -0.25) is 0 Å². The Bertz CT molecular complexity index is 457. The van der Waals surface area contributed by atoms with Gasteiger partial charge in [-0.05, 0) is 33.1 Å². The van der Waals surface area contributed by atoms with Gasteiger partial charge in [0.25, 0.3) is 0 Å². The van der Waals surface area contributed by atoms with Crippen LogP contribution in [0.25, 0.3) is 0 Å². The molecule has 0 saturated heterocycles. The summed E-state index contributed by atoms with van der Waals surface area (Å²) in [4.78, 5) is 11.2. The molecule has 1 aliphatic carbocycles. The van der Waals surface area contributed by atoms with Gasteiger partial charge in [-0.15, -0.1) is 5.10 Å². The standard InChI is InChI=1S/C14H23N3O3/c1-10(2)17-11-7-5-4-6-8-12(14(11)15-16-17)20-9-13(18)19-3/h10,12H,4-9H2,1-3H3. The summed E-state index contributed by atoms with van der Waals surface area (Å²) in [5, 5.41) is 8.55. The molecule has 0 aliphatic heterocycles. The number of nitrogens with zero attached hydrogens (tertiary/aromatic N) is 3. The normalized spacial score (nSPS) is 19.3. The Morgan fingerprint density at radius 1 is 1.40 bits per heavy atom. The molecule has 0 saturated carbocycles. The number of rotatable bonds is 4. The summed E-state index contributed by atoms with van der Waals surface area (Å²) < 4.78 is 12.3. The molecule has 0 radical (unpaired) electrons. The van der Waals surface area contributed by atoms with Gasteiger partial charge < -0.3 is 9.47 Å². The fourth-order valence-corrected chi connectivity index (χ4v) is 2.56. The van der Waals surface area contributed by atoms with Crippen LogP contribution in [0.4, 0.5) is 0 Å². The Morgan fingerprint density at radius 3 is 2.90 bits per heavy atom. The van der Waals surface area contributed by atoms with Crippen molar-refractivity contribution in [2.45, 2.75) is 58.1 Å². The number of fused-ring (bicyclic) bond motifs is 1. The van der Waals surface area contributed by atoms with Crippen LogP contribution >= 0.6 is 0 Å². The summed E-state index contributed by atoms with van der Waals surface area (Å²) in [5.41, 5.74) is 2.04. The summed E-state index contributed by atoms with van der Waals surface area (Å²) >= 11 is 0. The van der Waals surface area contributed by atoms with E-state index in [1.165, 1.54) is 13.5 Å². The number of ether oxygens (including phenoxy) is 2. The van der Waals surface area contributed by atoms with Crippen LogP contribution in [0.2, 0.25) is 0 Å². The molecule has 0 N–H and O–H groups in total. The molecule has 0 aromatic carbocycles. The molecule has 20 heavy (non-hydrogen) atoms. The Kier molecular flexibility index (Phi) is 5.11. The third kappa shape index (κ3) is 3.36. The maximum atomic E-state index is 11.2. The lowest BCUT2D eigenvalue weighted by Crippen LogP contribution is -2.17. The zero-order valence-corrected chi connectivity index (χ0v) is 12.5. The second-order valence-corrected chi connectivity index (χ2v) is 5.43. The predicted molar refractivity (Wildman–Crippen MR) is 73.3 cm³/mol. The van der Waals surface area contributed by atoms with E-state index in [1.54, 1.807) is 0 Å². The molecule has 0 bridgehead atoms. The molecular formula is C14H23N3O3. The van der Waals surface area contributed by atoms with Gasteiger partial charge in [-0.25, -0.2) is 9.48 Å². The van der Waals surface area contributed by atoms with Crippen molar-refractivity contribution in [3.05, 3.63) is 11.4 Å². The Hall–Kier alpha value is -1.43. The van der Waals surface area contributed by atoms with Gasteiger partial charge in [-0.1, -0.05) is 18.1 Å². The van der Waals surface area contributed by atoms with Crippen LogP contribution < -0.4 is 0 Å². The Morgan fingerprint density at radius 2 is 2.20 bits per heavy atom. The van der Waals surface area contributed by atoms with Gasteiger partial charge in [0.2, 0.25) is 0 Å². The minimum Gasteiger partial charge on any atom is -0.467 e. The van der Waals surface area contributed by atoms with Crippen molar-refractivity contribution < 1.29 is 14.3 Å². The van der Waals surface area contributed by atoms with E-state index < -0.39 is 0 Å². The topological polar surface area (TPSA) is 66.2 Å². The highest BCUT2D eigenvalue weighted by molar-refractivity contribution is 5.70. The van der Waals surface area contributed by atoms with E-state index in [0.29, 0.717) is 0 Å². The first kappa shape index (κ1) is 15.0. The van der Waals surface area contributed by atoms with Gasteiger partial charge in [0, 0.05) is 6.04 Å². The van der Waals surface area contributed by atoms with Gasteiger partial charge in [-0.2, -0.15) is 0 Å². The van der Waals surface area contributed by atoms with Crippen molar-refractivity contribution in [1.29, 1.82) is 0 Å². The second kappa shape index (κ2) is 6.83. The number of carbonyl (C=O) groups is 1. The van der Waals surface area contributed by atoms with E-state index in [0.717, 1.165) is 37.1 Å². The van der Waals surface area contributed by atoms with Crippen molar-refractivity contribution in [3.63, 3.8) is 0 Å². The van der Waals surface area contributed by atoms with Crippen LogP contribution in [-0.4, -0.2) is 34.7 Å². The first-order valence-corrected chi connectivity index (χ1v) is 7.26. The van der Waals surface area contributed by atoms with Gasteiger partial charge in [0.05, 0.1) is 12.8 Å². The van der Waals surface area contributed by atoms with Crippen LogP contribution in [0.15, 0.2) is 0 Å². The van der Waals surface area contributed by atoms with Crippen LogP contribution in [-0.2, 0) is 20.7 Å². The molecule has 1 heterocycles. The van der Waals surface area contributed by atoms with Crippen LogP contribution in [0, 0.1) is 0 Å². The van der Waals surface area contributed by atoms with Gasteiger partial charge >= 0.3 is 5.97 Å². The monoisotopic (exact) mass is 281 g/mol. The molecule has 1 aromatic rings. The molecule has 112 valence electrons. The minimum atomic E-state index is -0.357. The molecule has 1 aromatic heterocycles. The third-order valence-electron chi connectivity index (χ3n) is 3.63. The molecule has 6 nitrogen and oxygen atoms in total. The SMILES string of the molecule is COC(=O)COC1CCCCCc2c1nnn2C(C)C. The molecular weight excluding hydrogens is 258 g/mol. The highest BCUT2D eigenvalue weighted by Crippen LogP contribution is 2.30. The average Bonchev–Trinajstić information content (AvgIpc) is 2.81. The molecule has 6 heteroatoms. The first-order valence-electron chi connectivity index (χ1n) is 7.26. The smallest absolute Gasteiger partial charge is 0.331 e. The predicted octanol–water partition coefficient (Wildman–Crippen LogP) is 2.21. The first-order chi connectivity index (χ1) is 9.63. The highest BCUT2D eigenvalue weighted by atomic mass is 16.6. The maximum Gasteiger partial charge on any atom is 0.331 e. The van der Waals surface area contributed by atoms with E-state index in [4.69, 9.17) is 4.74 Å². The zero-order valence-electron chi connectivity index (χ0n) is 12.5. The van der Waals surface area contributed by atoms with Crippen molar-refractivity contribution >= 4 is 5.97 Å². The fraction of sp³-hybridized carbons (Fsp3) is 0.786. The van der Waals surface area contributed by atoms with E-state index >= 15 is 0 Å². The summed E-state index contributed by atoms with van der Waals surface area (Å²) in [6.07, 6.45) is 5.09. The molecule has 0 amide bonds. The van der Waals surface area contributed by atoms with Crippen LogP contribution in [0.3, 0.4) is 0 Å². The summed E-state index contributed by atoms with van der Waals surface area (Å²) in [6.45, 7) is 4.16. The van der Waals surface area contributed by atoms with Crippen molar-refractivity contribution in [3.8, 4) is 0 Å². The zero-order chi connectivity index (χ0) is 14.5. The molecule has 1 unspecified atom stereocenters. The van der Waals surface area contributed by atoms with Crippen molar-refractivity contribution in [1.82, 2.24) is 15.0 Å². The minimum absolute atomic E-state index is 0.0326. The second-order valence-electron chi connectivity index (χ2n) is 5.43. The Labute approximate surface area is 119 Å². The lowest BCUT2D eigenvalue weighted by Gasteiger charge is -2.20.